The van der Waals surface area contributed by atoms with Crippen LogP contribution in [-0.4, -0.2) is 48.9 Å². The molecular formula is C14H14BrFN4O2S. The monoisotopic (exact) mass is 400 g/mol. The minimum Gasteiger partial charge on any atom is -0.338 e. The fraction of sp³-hybridized carbons (Fsp3) is 0.286. The maximum absolute atomic E-state index is 13.2. The molecule has 0 N–H and O–H groups in total. The molecule has 3 rings (SSSR count). The molecule has 0 bridgehead atoms. The molecule has 1 fully saturated rings. The van der Waals surface area contributed by atoms with Crippen molar-refractivity contribution in [1.82, 2.24) is 14.3 Å². The third kappa shape index (κ3) is 3.36. The zero-order valence-corrected chi connectivity index (χ0v) is 14.5. The highest BCUT2D eigenvalue weighted by molar-refractivity contribution is 9.10. The van der Waals surface area contributed by atoms with Crippen LogP contribution in [0.25, 0.3) is 0 Å². The number of piperazine rings is 1. The maximum Gasteiger partial charge on any atom is 0.244 e. The van der Waals surface area contributed by atoms with E-state index in [0.29, 0.717) is 32.1 Å². The lowest BCUT2D eigenvalue weighted by molar-refractivity contribution is 0.382. The van der Waals surface area contributed by atoms with E-state index in [4.69, 9.17) is 0 Å². The van der Waals surface area contributed by atoms with Gasteiger partial charge in [0.15, 0.2) is 0 Å². The molecule has 0 atom stereocenters. The van der Waals surface area contributed by atoms with Crippen LogP contribution in [0.1, 0.15) is 0 Å². The number of nitrogens with zero attached hydrogens (tertiary/aromatic N) is 4. The molecule has 0 saturated carbocycles. The number of hydrogen-bond acceptors (Lipinski definition) is 5. The molecule has 0 unspecified atom stereocenters. The summed E-state index contributed by atoms with van der Waals surface area (Å²) in [5, 5.41) is 0. The zero-order valence-electron chi connectivity index (χ0n) is 12.1. The minimum absolute atomic E-state index is 0.0725. The molecule has 1 aromatic carbocycles. The highest BCUT2D eigenvalue weighted by atomic mass is 79.9. The van der Waals surface area contributed by atoms with Crippen LogP contribution < -0.4 is 4.90 Å². The lowest BCUT2D eigenvalue weighted by Crippen LogP contribution is -2.49. The molecule has 0 radical (unpaired) electrons. The quantitative estimate of drug-likeness (QED) is 0.786. The molecule has 0 aliphatic carbocycles. The van der Waals surface area contributed by atoms with Crippen molar-refractivity contribution in [3.05, 3.63) is 46.9 Å². The van der Waals surface area contributed by atoms with Gasteiger partial charge >= 0.3 is 0 Å². The Balaban J connectivity index is 1.76. The van der Waals surface area contributed by atoms with Gasteiger partial charge in [0.2, 0.25) is 16.0 Å². The van der Waals surface area contributed by atoms with Gasteiger partial charge in [0.05, 0.1) is 4.90 Å². The molecule has 2 aromatic rings. The Hall–Kier alpha value is -1.58. The van der Waals surface area contributed by atoms with Gasteiger partial charge in [-0.05, 0) is 40.2 Å². The van der Waals surface area contributed by atoms with E-state index in [1.54, 1.807) is 18.5 Å². The van der Waals surface area contributed by atoms with E-state index in [1.165, 1.54) is 10.4 Å². The summed E-state index contributed by atoms with van der Waals surface area (Å²) in [6.45, 7) is 1.65. The molecule has 1 aromatic heterocycles. The first-order valence-corrected chi connectivity index (χ1v) is 9.19. The Morgan fingerprint density at radius 3 is 2.35 bits per heavy atom. The molecule has 2 heterocycles. The average molecular weight is 401 g/mol. The second-order valence-corrected chi connectivity index (χ2v) is 7.78. The predicted octanol–water partition coefficient (Wildman–Crippen LogP) is 1.89. The summed E-state index contributed by atoms with van der Waals surface area (Å²) >= 11 is 3.12. The number of sulfonamides is 1. The Morgan fingerprint density at radius 1 is 1.09 bits per heavy atom. The Kier molecular flexibility index (Phi) is 4.60. The SMILES string of the molecule is O=S(=O)(c1ccc(F)cc1Br)N1CCN(c2ncccn2)CC1. The van der Waals surface area contributed by atoms with Crippen LogP contribution in [0.5, 0.6) is 0 Å². The molecule has 1 aliphatic heterocycles. The summed E-state index contributed by atoms with van der Waals surface area (Å²) in [6.07, 6.45) is 3.31. The van der Waals surface area contributed by atoms with Gasteiger partial charge in [-0.1, -0.05) is 0 Å². The van der Waals surface area contributed by atoms with Gasteiger partial charge in [-0.3, -0.25) is 0 Å². The summed E-state index contributed by atoms with van der Waals surface area (Å²) in [5.74, 6) is 0.106. The standard InChI is InChI=1S/C14H14BrFN4O2S/c15-12-10-11(16)2-3-13(12)23(21,22)20-8-6-19(7-9-20)14-17-4-1-5-18-14/h1-5,10H,6-9H2. The second-order valence-electron chi connectivity index (χ2n) is 5.01. The minimum atomic E-state index is -3.66. The van der Waals surface area contributed by atoms with Crippen molar-refractivity contribution in [2.45, 2.75) is 4.90 Å². The molecule has 6 nitrogen and oxygen atoms in total. The summed E-state index contributed by atoms with van der Waals surface area (Å²) in [7, 11) is -3.66. The van der Waals surface area contributed by atoms with Crippen molar-refractivity contribution in [1.29, 1.82) is 0 Å². The highest BCUT2D eigenvalue weighted by Gasteiger charge is 2.30. The van der Waals surface area contributed by atoms with Gasteiger partial charge in [0.25, 0.3) is 0 Å². The zero-order chi connectivity index (χ0) is 16.4. The van der Waals surface area contributed by atoms with Crippen molar-refractivity contribution < 1.29 is 12.8 Å². The third-order valence-corrected chi connectivity index (χ3v) is 6.46. The van der Waals surface area contributed by atoms with E-state index in [9.17, 15) is 12.8 Å². The largest absolute Gasteiger partial charge is 0.338 e. The number of hydrogen-bond donors (Lipinski definition) is 0. The second kappa shape index (κ2) is 6.50. The van der Waals surface area contributed by atoms with E-state index in [0.717, 1.165) is 12.1 Å². The van der Waals surface area contributed by atoms with Gasteiger partial charge in [-0.25, -0.2) is 22.8 Å². The van der Waals surface area contributed by atoms with Crippen molar-refractivity contribution in [3.8, 4) is 0 Å². The normalized spacial score (nSPS) is 16.5. The first-order chi connectivity index (χ1) is 11.0. The van der Waals surface area contributed by atoms with Crippen LogP contribution in [0, 0.1) is 5.82 Å². The molecular weight excluding hydrogens is 387 g/mol. The van der Waals surface area contributed by atoms with Crippen LogP contribution in [0.15, 0.2) is 46.0 Å². The van der Waals surface area contributed by atoms with Gasteiger partial charge in [0, 0.05) is 43.0 Å². The summed E-state index contributed by atoms with van der Waals surface area (Å²) in [6, 6.07) is 5.31. The maximum atomic E-state index is 13.2. The Labute approximate surface area is 142 Å². The van der Waals surface area contributed by atoms with Crippen molar-refractivity contribution in [3.63, 3.8) is 0 Å². The first-order valence-electron chi connectivity index (χ1n) is 6.95. The van der Waals surface area contributed by atoms with E-state index in [1.807, 2.05) is 4.90 Å². The van der Waals surface area contributed by atoms with Crippen LogP contribution in [0.2, 0.25) is 0 Å². The fourth-order valence-corrected chi connectivity index (χ4v) is 4.84. The van der Waals surface area contributed by atoms with Crippen LogP contribution in [0.3, 0.4) is 0 Å². The Bertz CT molecular complexity index is 796. The van der Waals surface area contributed by atoms with E-state index in [-0.39, 0.29) is 9.37 Å². The highest BCUT2D eigenvalue weighted by Crippen LogP contribution is 2.26. The van der Waals surface area contributed by atoms with Gasteiger partial charge in [-0.2, -0.15) is 4.31 Å². The lowest BCUT2D eigenvalue weighted by atomic mass is 10.3. The van der Waals surface area contributed by atoms with Crippen molar-refractivity contribution in [2.24, 2.45) is 0 Å². The smallest absolute Gasteiger partial charge is 0.244 e. The lowest BCUT2D eigenvalue weighted by Gasteiger charge is -2.34. The first kappa shape index (κ1) is 16.3. The third-order valence-electron chi connectivity index (χ3n) is 3.59. The number of benzene rings is 1. The molecule has 1 aliphatic rings. The van der Waals surface area contributed by atoms with Crippen LogP contribution >= 0.6 is 15.9 Å². The van der Waals surface area contributed by atoms with Gasteiger partial charge in [-0.15, -0.1) is 0 Å². The Morgan fingerprint density at radius 2 is 1.74 bits per heavy atom. The average Bonchev–Trinajstić information content (AvgIpc) is 2.55. The fourth-order valence-electron chi connectivity index (χ4n) is 2.41. The predicted molar refractivity (Wildman–Crippen MR) is 87.1 cm³/mol. The van der Waals surface area contributed by atoms with Crippen molar-refractivity contribution >= 4 is 31.9 Å². The van der Waals surface area contributed by atoms with E-state index in [2.05, 4.69) is 25.9 Å². The molecule has 122 valence electrons. The number of halogens is 2. The van der Waals surface area contributed by atoms with Gasteiger partial charge < -0.3 is 4.90 Å². The molecule has 0 amide bonds. The molecule has 9 heteroatoms. The number of anilines is 1. The van der Waals surface area contributed by atoms with Gasteiger partial charge in [0.1, 0.15) is 5.82 Å². The molecule has 0 spiro atoms. The molecule has 1 saturated heterocycles. The summed E-state index contributed by atoms with van der Waals surface area (Å²) < 4.78 is 40.2. The van der Waals surface area contributed by atoms with E-state index >= 15 is 0 Å². The van der Waals surface area contributed by atoms with Crippen molar-refractivity contribution in [2.75, 3.05) is 31.1 Å². The van der Waals surface area contributed by atoms with E-state index < -0.39 is 15.8 Å². The summed E-state index contributed by atoms with van der Waals surface area (Å²) in [4.78, 5) is 10.3. The number of rotatable bonds is 3. The van der Waals surface area contributed by atoms with Crippen LogP contribution in [-0.2, 0) is 10.0 Å². The summed E-state index contributed by atoms with van der Waals surface area (Å²) in [5.41, 5.74) is 0. The number of aromatic nitrogens is 2. The van der Waals surface area contributed by atoms with Crippen LogP contribution in [0.4, 0.5) is 10.3 Å². The topological polar surface area (TPSA) is 66.4 Å². The molecule has 23 heavy (non-hydrogen) atoms.